The van der Waals surface area contributed by atoms with Gasteiger partial charge in [0.05, 0.1) is 7.11 Å². The minimum absolute atomic E-state index is 0.0458. The smallest absolute Gasteiger partial charge is 0.165 e. The number of rotatable bonds is 1. The van der Waals surface area contributed by atoms with Crippen molar-refractivity contribution in [2.75, 3.05) is 7.11 Å². The van der Waals surface area contributed by atoms with Crippen molar-refractivity contribution in [3.05, 3.63) is 29.1 Å². The largest absolute Gasteiger partial charge is 0.494 e. The Bertz CT molecular complexity index is 338. The molecule has 0 aliphatic heterocycles. The lowest BCUT2D eigenvalue weighted by atomic mass is 10.1. The third kappa shape index (κ3) is 1.29. The standard InChI is InChI=1S/C10H12FNO/c1-13-10-5-7-6(4-8(10)11)2-3-9(7)12/h4-5,9H,2-3,12H2,1H3/t9-/m1/s1. The van der Waals surface area contributed by atoms with Gasteiger partial charge in [0.2, 0.25) is 0 Å². The lowest BCUT2D eigenvalue weighted by molar-refractivity contribution is 0.385. The van der Waals surface area contributed by atoms with Crippen molar-refractivity contribution in [2.24, 2.45) is 5.73 Å². The van der Waals surface area contributed by atoms with Gasteiger partial charge in [-0.25, -0.2) is 4.39 Å². The maximum absolute atomic E-state index is 13.2. The molecule has 0 fully saturated rings. The molecule has 0 saturated heterocycles. The fourth-order valence-corrected chi connectivity index (χ4v) is 1.79. The van der Waals surface area contributed by atoms with E-state index in [0.717, 1.165) is 24.0 Å². The van der Waals surface area contributed by atoms with Crippen molar-refractivity contribution in [2.45, 2.75) is 18.9 Å². The van der Waals surface area contributed by atoms with Crippen LogP contribution in [0.4, 0.5) is 4.39 Å². The molecule has 0 amide bonds. The molecule has 2 nitrogen and oxygen atoms in total. The summed E-state index contributed by atoms with van der Waals surface area (Å²) >= 11 is 0. The second kappa shape index (κ2) is 3.00. The zero-order chi connectivity index (χ0) is 9.42. The van der Waals surface area contributed by atoms with Gasteiger partial charge in [-0.05, 0) is 36.1 Å². The lowest BCUT2D eigenvalue weighted by Gasteiger charge is -2.08. The van der Waals surface area contributed by atoms with Gasteiger partial charge in [0, 0.05) is 6.04 Å². The van der Waals surface area contributed by atoms with Crippen LogP contribution in [0.3, 0.4) is 0 Å². The molecule has 0 unspecified atom stereocenters. The topological polar surface area (TPSA) is 35.2 Å². The first-order valence-corrected chi connectivity index (χ1v) is 4.34. The molecule has 3 heteroatoms. The van der Waals surface area contributed by atoms with Crippen molar-refractivity contribution in [3.8, 4) is 5.75 Å². The molecule has 0 aromatic heterocycles. The van der Waals surface area contributed by atoms with Crippen LogP contribution in [0.15, 0.2) is 12.1 Å². The van der Waals surface area contributed by atoms with Crippen LogP contribution in [0.25, 0.3) is 0 Å². The Morgan fingerprint density at radius 3 is 3.00 bits per heavy atom. The molecule has 2 rings (SSSR count). The van der Waals surface area contributed by atoms with Crippen molar-refractivity contribution in [1.29, 1.82) is 0 Å². The maximum atomic E-state index is 13.2. The summed E-state index contributed by atoms with van der Waals surface area (Å²) in [6.45, 7) is 0. The number of methoxy groups -OCH3 is 1. The highest BCUT2D eigenvalue weighted by molar-refractivity contribution is 5.41. The number of fused-ring (bicyclic) bond motifs is 1. The quantitative estimate of drug-likeness (QED) is 0.716. The summed E-state index contributed by atoms with van der Waals surface area (Å²) in [5.74, 6) is -0.00792. The highest BCUT2D eigenvalue weighted by Crippen LogP contribution is 2.33. The van der Waals surface area contributed by atoms with Gasteiger partial charge in [-0.3, -0.25) is 0 Å². The second-order valence-electron chi connectivity index (χ2n) is 3.33. The summed E-state index contributed by atoms with van der Waals surface area (Å²) in [5, 5.41) is 0. The fourth-order valence-electron chi connectivity index (χ4n) is 1.79. The Balaban J connectivity index is 2.51. The fraction of sp³-hybridized carbons (Fsp3) is 0.400. The normalized spacial score (nSPS) is 20.1. The van der Waals surface area contributed by atoms with E-state index in [1.807, 2.05) is 0 Å². The van der Waals surface area contributed by atoms with Crippen molar-refractivity contribution in [1.82, 2.24) is 0 Å². The number of ether oxygens (including phenoxy) is 1. The highest BCUT2D eigenvalue weighted by atomic mass is 19.1. The molecule has 1 aromatic rings. The number of aryl methyl sites for hydroxylation is 1. The van der Waals surface area contributed by atoms with Gasteiger partial charge in [0.15, 0.2) is 11.6 Å². The minimum Gasteiger partial charge on any atom is -0.494 e. The first kappa shape index (κ1) is 8.51. The van der Waals surface area contributed by atoms with Crippen LogP contribution in [0.5, 0.6) is 5.75 Å². The first-order chi connectivity index (χ1) is 6.22. The Morgan fingerprint density at radius 2 is 2.31 bits per heavy atom. The van der Waals surface area contributed by atoms with Gasteiger partial charge < -0.3 is 10.5 Å². The summed E-state index contributed by atoms with van der Waals surface area (Å²) in [7, 11) is 1.46. The Labute approximate surface area is 76.5 Å². The third-order valence-electron chi connectivity index (χ3n) is 2.54. The van der Waals surface area contributed by atoms with Gasteiger partial charge in [-0.1, -0.05) is 0 Å². The molecule has 13 heavy (non-hydrogen) atoms. The molecule has 2 N–H and O–H groups in total. The third-order valence-corrected chi connectivity index (χ3v) is 2.54. The molecule has 1 atom stereocenters. The van der Waals surface area contributed by atoms with Crippen LogP contribution < -0.4 is 10.5 Å². The van der Waals surface area contributed by atoms with E-state index in [1.54, 1.807) is 6.07 Å². The molecule has 0 bridgehead atoms. The van der Waals surface area contributed by atoms with Crippen molar-refractivity contribution < 1.29 is 9.13 Å². The van der Waals surface area contributed by atoms with Gasteiger partial charge >= 0.3 is 0 Å². The van der Waals surface area contributed by atoms with Crippen LogP contribution in [-0.2, 0) is 6.42 Å². The van der Waals surface area contributed by atoms with Crippen LogP contribution in [0.1, 0.15) is 23.6 Å². The van der Waals surface area contributed by atoms with E-state index in [0.29, 0.717) is 0 Å². The summed E-state index contributed by atoms with van der Waals surface area (Å²) in [5.41, 5.74) is 7.89. The van der Waals surface area contributed by atoms with Crippen LogP contribution in [0, 0.1) is 5.82 Å². The molecule has 1 aromatic carbocycles. The minimum atomic E-state index is -0.296. The summed E-state index contributed by atoms with van der Waals surface area (Å²) in [4.78, 5) is 0. The Morgan fingerprint density at radius 1 is 1.54 bits per heavy atom. The van der Waals surface area contributed by atoms with Crippen LogP contribution >= 0.6 is 0 Å². The molecule has 0 radical (unpaired) electrons. The second-order valence-corrected chi connectivity index (χ2v) is 3.33. The predicted molar refractivity (Wildman–Crippen MR) is 48.2 cm³/mol. The van der Waals surface area contributed by atoms with Gasteiger partial charge in [-0.15, -0.1) is 0 Å². The number of halogens is 1. The van der Waals surface area contributed by atoms with Crippen molar-refractivity contribution in [3.63, 3.8) is 0 Å². The number of hydrogen-bond acceptors (Lipinski definition) is 2. The molecule has 1 aliphatic rings. The zero-order valence-electron chi connectivity index (χ0n) is 7.51. The van der Waals surface area contributed by atoms with E-state index >= 15 is 0 Å². The Kier molecular flexibility index (Phi) is 1.96. The molecular weight excluding hydrogens is 169 g/mol. The highest BCUT2D eigenvalue weighted by Gasteiger charge is 2.21. The molecule has 0 spiro atoms. The maximum Gasteiger partial charge on any atom is 0.165 e. The van der Waals surface area contributed by atoms with Crippen LogP contribution in [-0.4, -0.2) is 7.11 Å². The number of hydrogen-bond donors (Lipinski definition) is 1. The van der Waals surface area contributed by atoms with E-state index in [9.17, 15) is 4.39 Å². The summed E-state index contributed by atoms with van der Waals surface area (Å²) < 4.78 is 18.1. The molecule has 0 saturated carbocycles. The van der Waals surface area contributed by atoms with Gasteiger partial charge in [0.25, 0.3) is 0 Å². The SMILES string of the molecule is COc1cc2c(cc1F)CC[C@H]2N. The van der Waals surface area contributed by atoms with E-state index in [4.69, 9.17) is 10.5 Å². The zero-order valence-corrected chi connectivity index (χ0v) is 7.51. The predicted octanol–water partition coefficient (Wildman–Crippen LogP) is 1.78. The lowest BCUT2D eigenvalue weighted by Crippen LogP contribution is -2.05. The van der Waals surface area contributed by atoms with Crippen molar-refractivity contribution >= 4 is 0 Å². The van der Waals surface area contributed by atoms with E-state index in [2.05, 4.69) is 0 Å². The van der Waals surface area contributed by atoms with Gasteiger partial charge in [0.1, 0.15) is 0 Å². The monoisotopic (exact) mass is 181 g/mol. The van der Waals surface area contributed by atoms with Crippen LogP contribution in [0.2, 0.25) is 0 Å². The molecular formula is C10H12FNO. The number of nitrogens with two attached hydrogens (primary N) is 1. The number of benzene rings is 1. The average Bonchev–Trinajstić information content (AvgIpc) is 2.46. The molecule has 0 heterocycles. The Hall–Kier alpha value is -1.09. The average molecular weight is 181 g/mol. The van der Waals surface area contributed by atoms with E-state index in [1.165, 1.54) is 13.2 Å². The summed E-state index contributed by atoms with van der Waals surface area (Å²) in [6, 6.07) is 3.29. The molecule has 70 valence electrons. The summed E-state index contributed by atoms with van der Waals surface area (Å²) in [6.07, 6.45) is 1.78. The van der Waals surface area contributed by atoms with Gasteiger partial charge in [-0.2, -0.15) is 0 Å². The van der Waals surface area contributed by atoms with E-state index in [-0.39, 0.29) is 17.6 Å². The first-order valence-electron chi connectivity index (χ1n) is 4.34. The molecule has 1 aliphatic carbocycles. The van der Waals surface area contributed by atoms with E-state index < -0.39 is 0 Å².